The van der Waals surface area contributed by atoms with Gasteiger partial charge in [0.1, 0.15) is 11.6 Å². The molecule has 1 fully saturated rings. The van der Waals surface area contributed by atoms with Crippen LogP contribution in [0, 0.1) is 0 Å². The van der Waals surface area contributed by atoms with Crippen LogP contribution in [0.4, 0.5) is 11.4 Å². The molecule has 5 N–H and O–H groups in total. The zero-order valence-corrected chi connectivity index (χ0v) is 29.9. The molecule has 0 spiro atoms. The molecule has 2 aromatic carbocycles. The number of carbonyl (C=O) groups excluding carboxylic acids is 2. The van der Waals surface area contributed by atoms with E-state index >= 15 is 0 Å². The molecule has 47 heavy (non-hydrogen) atoms. The number of nitrogens with one attached hydrogen (secondary N) is 2. The third-order valence-corrected chi connectivity index (χ3v) is 10.2. The van der Waals surface area contributed by atoms with Crippen molar-refractivity contribution >= 4 is 54.1 Å². The highest BCUT2D eigenvalue weighted by Crippen LogP contribution is 2.39. The number of aliphatic imine (C=N–C) groups is 1. The molecule has 0 saturated carbocycles. The number of anilines is 2. The number of para-hydroxylation sites is 1. The van der Waals surface area contributed by atoms with E-state index in [1.807, 2.05) is 99.9 Å². The topological polar surface area (TPSA) is 133 Å². The number of nitrogens with zero attached hydrogens (tertiary/aromatic N) is 3. The van der Waals surface area contributed by atoms with Crippen LogP contribution in [0.5, 0.6) is 5.75 Å². The predicted molar refractivity (Wildman–Crippen MR) is 194 cm³/mol. The van der Waals surface area contributed by atoms with E-state index in [4.69, 9.17) is 27.1 Å². The summed E-state index contributed by atoms with van der Waals surface area (Å²) in [4.78, 5) is 44.8. The Kier molecular flexibility index (Phi) is 12.9. The van der Waals surface area contributed by atoms with Crippen molar-refractivity contribution in [3.63, 3.8) is 0 Å². The number of halogens is 1. The molecule has 0 aliphatic carbocycles. The minimum absolute atomic E-state index is 0.0145. The van der Waals surface area contributed by atoms with E-state index in [0.717, 1.165) is 48.9 Å². The molecule has 4 rings (SSSR count). The van der Waals surface area contributed by atoms with Crippen molar-refractivity contribution in [2.24, 2.45) is 10.7 Å². The smallest absolute Gasteiger partial charge is 0.254 e. The number of rotatable bonds is 13. The van der Waals surface area contributed by atoms with Crippen LogP contribution in [0.25, 0.3) is 0 Å². The molecule has 2 aliphatic rings. The van der Waals surface area contributed by atoms with Gasteiger partial charge in [-0.1, -0.05) is 56.6 Å². The highest BCUT2D eigenvalue weighted by atomic mass is 35.5. The molecule has 2 heterocycles. The SMILES string of the molecule is CC/C=C/C(Cl)=C(\N=C(/C)Nc1cc2c(cc1OC(C)C)CN(C1CCN(CC(N)=O)CC1)C2=O)Nc1ccccc1P(O)C(C)C. The van der Waals surface area contributed by atoms with Crippen molar-refractivity contribution in [2.75, 3.05) is 30.3 Å². The van der Waals surface area contributed by atoms with Crippen molar-refractivity contribution in [2.45, 2.75) is 85.2 Å². The maximum Gasteiger partial charge on any atom is 0.254 e. The molecule has 1 unspecified atom stereocenters. The summed E-state index contributed by atoms with van der Waals surface area (Å²) < 4.78 is 6.22. The average Bonchev–Trinajstić information content (AvgIpc) is 3.33. The fourth-order valence-electron chi connectivity index (χ4n) is 5.73. The van der Waals surface area contributed by atoms with E-state index in [2.05, 4.69) is 10.6 Å². The Morgan fingerprint density at radius 3 is 2.51 bits per heavy atom. The third kappa shape index (κ3) is 9.57. The molecular weight excluding hydrogens is 635 g/mol. The molecule has 2 amide bonds. The van der Waals surface area contributed by atoms with Gasteiger partial charge in [0.25, 0.3) is 5.91 Å². The minimum Gasteiger partial charge on any atom is -0.489 e. The Bertz CT molecular complexity index is 1530. The molecule has 1 saturated heterocycles. The van der Waals surface area contributed by atoms with E-state index in [9.17, 15) is 14.5 Å². The molecule has 10 nitrogen and oxygen atoms in total. The fourth-order valence-corrected chi connectivity index (χ4v) is 7.08. The molecule has 12 heteroatoms. The summed E-state index contributed by atoms with van der Waals surface area (Å²) in [6.07, 6.45) is 6.04. The van der Waals surface area contributed by atoms with E-state index in [-0.39, 0.29) is 36.2 Å². The Hall–Kier alpha value is -3.43. The van der Waals surface area contributed by atoms with Crippen LogP contribution in [-0.2, 0) is 11.3 Å². The molecule has 0 bridgehead atoms. The highest BCUT2D eigenvalue weighted by molar-refractivity contribution is 7.61. The number of allylic oxidation sites excluding steroid dienone is 3. The van der Waals surface area contributed by atoms with Gasteiger partial charge in [-0.15, -0.1) is 0 Å². The summed E-state index contributed by atoms with van der Waals surface area (Å²) in [5.74, 6) is 1.22. The van der Waals surface area contributed by atoms with Crippen LogP contribution in [0.15, 0.2) is 64.4 Å². The minimum atomic E-state index is -1.39. The number of fused-ring (bicyclic) bond motifs is 1. The van der Waals surface area contributed by atoms with Crippen molar-refractivity contribution in [1.82, 2.24) is 9.80 Å². The number of amidine groups is 1. The summed E-state index contributed by atoms with van der Waals surface area (Å²) in [5, 5.41) is 7.96. The van der Waals surface area contributed by atoms with E-state index in [1.165, 1.54) is 0 Å². The summed E-state index contributed by atoms with van der Waals surface area (Å²) in [7, 11) is -1.39. The number of piperidine rings is 1. The zero-order valence-electron chi connectivity index (χ0n) is 28.2. The van der Waals surface area contributed by atoms with Gasteiger partial charge >= 0.3 is 0 Å². The molecule has 0 aromatic heterocycles. The number of primary amides is 1. The number of amides is 2. The first kappa shape index (κ1) is 36.4. The van der Waals surface area contributed by atoms with Crippen LogP contribution in [0.2, 0.25) is 0 Å². The second kappa shape index (κ2) is 16.6. The highest BCUT2D eigenvalue weighted by Gasteiger charge is 2.35. The monoisotopic (exact) mass is 682 g/mol. The normalized spacial score (nSPS) is 17.4. The summed E-state index contributed by atoms with van der Waals surface area (Å²) in [6.45, 7) is 14.0. The van der Waals surface area contributed by atoms with Crippen LogP contribution in [0.1, 0.15) is 76.7 Å². The van der Waals surface area contributed by atoms with E-state index in [1.54, 1.807) is 0 Å². The second-order valence-electron chi connectivity index (χ2n) is 12.5. The van der Waals surface area contributed by atoms with Gasteiger partial charge in [-0.25, -0.2) is 4.99 Å². The predicted octanol–water partition coefficient (Wildman–Crippen LogP) is 6.12. The average molecular weight is 683 g/mol. The Balaban J connectivity index is 1.62. The van der Waals surface area contributed by atoms with Gasteiger partial charge in [-0.3, -0.25) is 14.5 Å². The maximum absolute atomic E-state index is 13.7. The number of nitrogens with two attached hydrogens (primary N) is 1. The van der Waals surface area contributed by atoms with Gasteiger partial charge in [-0.2, -0.15) is 0 Å². The lowest BCUT2D eigenvalue weighted by atomic mass is 10.0. The summed E-state index contributed by atoms with van der Waals surface area (Å²) in [6, 6.07) is 11.5. The number of hydrogen-bond acceptors (Lipinski definition) is 7. The lowest BCUT2D eigenvalue weighted by Crippen LogP contribution is -2.47. The molecule has 2 aliphatic heterocycles. The van der Waals surface area contributed by atoms with Gasteiger partial charge < -0.3 is 30.9 Å². The van der Waals surface area contributed by atoms with Crippen molar-refractivity contribution < 1.29 is 19.2 Å². The van der Waals surface area contributed by atoms with Crippen molar-refractivity contribution in [3.8, 4) is 5.75 Å². The van der Waals surface area contributed by atoms with Gasteiger partial charge in [0.2, 0.25) is 5.91 Å². The van der Waals surface area contributed by atoms with Crippen LogP contribution < -0.4 is 26.4 Å². The van der Waals surface area contributed by atoms with E-state index in [0.29, 0.717) is 40.2 Å². The van der Waals surface area contributed by atoms with Crippen LogP contribution >= 0.6 is 19.7 Å². The first-order valence-corrected chi connectivity index (χ1v) is 18.0. The zero-order chi connectivity index (χ0) is 34.2. The Morgan fingerprint density at radius 2 is 1.87 bits per heavy atom. The lowest BCUT2D eigenvalue weighted by Gasteiger charge is -2.36. The van der Waals surface area contributed by atoms with Gasteiger partial charge in [0, 0.05) is 47.9 Å². The maximum atomic E-state index is 13.7. The molecular formula is C35H48ClN6O4P. The first-order valence-electron chi connectivity index (χ1n) is 16.3. The first-order chi connectivity index (χ1) is 22.4. The molecule has 254 valence electrons. The number of likely N-dealkylation sites (tertiary alicyclic amines) is 1. The third-order valence-electron chi connectivity index (χ3n) is 7.99. The van der Waals surface area contributed by atoms with Crippen molar-refractivity contribution in [1.29, 1.82) is 0 Å². The van der Waals surface area contributed by atoms with Crippen LogP contribution in [0.3, 0.4) is 0 Å². The Morgan fingerprint density at radius 1 is 1.17 bits per heavy atom. The summed E-state index contributed by atoms with van der Waals surface area (Å²) in [5.41, 5.74) is 8.37. The largest absolute Gasteiger partial charge is 0.489 e. The quantitative estimate of drug-likeness (QED) is 0.0867. The lowest BCUT2D eigenvalue weighted by molar-refractivity contribution is -0.119. The number of hydrogen-bond donors (Lipinski definition) is 4. The number of benzene rings is 2. The molecule has 1 atom stereocenters. The standard InChI is InChI=1S/C35H48ClN6O4P/c1-7-8-11-28(36)34(40-29-12-9-10-13-32(29)47(45)23(4)5)39-24(6)38-30-19-27-25(18-31(30)46-22(2)3)20-42(35(27)44)26-14-16-41(17-15-26)21-33(37)43/h8-13,18-19,22-23,26,40,45H,7,14-17,20-21H2,1-6H3,(H2,37,43)(H,38,39)/b11-8+,34-28-. The van der Waals surface area contributed by atoms with Gasteiger partial charge in [-0.05, 0) is 69.9 Å². The summed E-state index contributed by atoms with van der Waals surface area (Å²) >= 11 is 6.77. The van der Waals surface area contributed by atoms with Gasteiger partial charge in [0.15, 0.2) is 5.82 Å². The second-order valence-corrected chi connectivity index (χ2v) is 15.1. The fraction of sp³-hybridized carbons (Fsp3) is 0.457. The van der Waals surface area contributed by atoms with Crippen LogP contribution in [-0.4, -0.2) is 69.8 Å². The number of ether oxygens (including phenoxy) is 1. The molecule has 0 radical (unpaired) electrons. The number of carbonyl (C=O) groups is 2. The Labute approximate surface area is 284 Å². The van der Waals surface area contributed by atoms with E-state index < -0.39 is 8.15 Å². The van der Waals surface area contributed by atoms with Crippen molar-refractivity contribution in [3.05, 3.63) is 70.5 Å². The molecule has 2 aromatic rings. The van der Waals surface area contributed by atoms with Gasteiger partial charge in [0.05, 0.1) is 31.5 Å².